The monoisotopic (exact) mass is 587 g/mol. The topological polar surface area (TPSA) is 105 Å². The summed E-state index contributed by atoms with van der Waals surface area (Å²) in [4.78, 5) is 27.1. The fourth-order valence-electron chi connectivity index (χ4n) is 5.73. The second kappa shape index (κ2) is 13.4. The summed E-state index contributed by atoms with van der Waals surface area (Å²) in [5, 5.41) is 2.81. The number of rotatable bonds is 9. The molecule has 9 heteroatoms. The van der Waals surface area contributed by atoms with Crippen molar-refractivity contribution in [3.63, 3.8) is 0 Å². The van der Waals surface area contributed by atoms with E-state index < -0.39 is 10.0 Å². The molecule has 2 aliphatic rings. The molecule has 1 atom stereocenters. The van der Waals surface area contributed by atoms with Gasteiger partial charge in [-0.25, -0.2) is 13.1 Å². The predicted octanol–water partition coefficient (Wildman–Crippen LogP) is 5.47. The third kappa shape index (κ3) is 7.09. The summed E-state index contributed by atoms with van der Waals surface area (Å²) >= 11 is 0. The summed E-state index contributed by atoms with van der Waals surface area (Å²) in [6.45, 7) is 3.17. The Morgan fingerprint density at radius 1 is 0.976 bits per heavy atom. The summed E-state index contributed by atoms with van der Waals surface area (Å²) in [6, 6.07) is 22.1. The van der Waals surface area contributed by atoms with Gasteiger partial charge in [0.2, 0.25) is 15.9 Å². The lowest BCUT2D eigenvalue weighted by atomic mass is 9.88. The van der Waals surface area contributed by atoms with Gasteiger partial charge in [0.05, 0.1) is 18.2 Å². The van der Waals surface area contributed by atoms with Crippen LogP contribution in [-0.4, -0.2) is 40.0 Å². The number of fused-ring (bicyclic) bond motifs is 1. The lowest BCUT2D eigenvalue weighted by Crippen LogP contribution is -2.38. The fraction of sp³-hybridized carbons (Fsp3) is 0.333. The normalized spacial score (nSPS) is 17.5. The molecule has 3 aromatic carbocycles. The average Bonchev–Trinajstić information content (AvgIpc) is 3.01. The molecule has 1 aliphatic carbocycles. The molecular weight excluding hydrogens is 550 g/mol. The highest BCUT2D eigenvalue weighted by molar-refractivity contribution is 7.89. The van der Waals surface area contributed by atoms with Crippen molar-refractivity contribution in [2.24, 2.45) is 5.92 Å². The Kier molecular flexibility index (Phi) is 9.39. The van der Waals surface area contributed by atoms with E-state index in [0.717, 1.165) is 29.5 Å². The van der Waals surface area contributed by atoms with Crippen molar-refractivity contribution < 1.29 is 22.7 Å². The number of amides is 1. The highest BCUT2D eigenvalue weighted by atomic mass is 32.2. The first-order chi connectivity index (χ1) is 20.3. The van der Waals surface area contributed by atoms with Crippen LogP contribution in [0.2, 0.25) is 0 Å². The van der Waals surface area contributed by atoms with Crippen LogP contribution in [0.4, 0.5) is 11.4 Å². The van der Waals surface area contributed by atoms with Crippen molar-refractivity contribution in [1.29, 1.82) is 0 Å². The molecule has 0 aromatic heterocycles. The molecule has 3 aromatic rings. The zero-order valence-corrected chi connectivity index (χ0v) is 24.6. The van der Waals surface area contributed by atoms with Gasteiger partial charge < -0.3 is 15.0 Å². The maximum Gasteiger partial charge on any atom is 0.309 e. The van der Waals surface area contributed by atoms with Gasteiger partial charge in [-0.1, -0.05) is 54.6 Å². The first-order valence-corrected chi connectivity index (χ1v) is 16.0. The van der Waals surface area contributed by atoms with Crippen LogP contribution in [0, 0.1) is 5.92 Å². The van der Waals surface area contributed by atoms with Crippen molar-refractivity contribution in [3.05, 3.63) is 95.6 Å². The second-order valence-corrected chi connectivity index (χ2v) is 12.4. The summed E-state index contributed by atoms with van der Waals surface area (Å²) in [5.74, 6) is -0.767. The van der Waals surface area contributed by atoms with E-state index in [0.29, 0.717) is 50.3 Å². The van der Waals surface area contributed by atoms with Crippen molar-refractivity contribution in [2.75, 3.05) is 29.9 Å². The molecule has 0 saturated carbocycles. The number of nitrogens with zero attached hydrogens (tertiary/aromatic N) is 1. The van der Waals surface area contributed by atoms with E-state index in [-0.39, 0.29) is 28.7 Å². The quantitative estimate of drug-likeness (QED) is 0.254. The largest absolute Gasteiger partial charge is 0.466 e. The minimum absolute atomic E-state index is 0.102. The lowest BCUT2D eigenvalue weighted by molar-refractivity contribution is -0.148. The fourth-order valence-corrected chi connectivity index (χ4v) is 7.23. The Hall–Kier alpha value is -3.95. The van der Waals surface area contributed by atoms with Crippen LogP contribution in [0.5, 0.6) is 0 Å². The Morgan fingerprint density at radius 3 is 2.48 bits per heavy atom. The van der Waals surface area contributed by atoms with E-state index in [9.17, 15) is 18.0 Å². The van der Waals surface area contributed by atoms with E-state index in [2.05, 4.69) is 10.0 Å². The first kappa shape index (κ1) is 29.5. The average molecular weight is 588 g/mol. The number of ether oxygens (including phenoxy) is 1. The number of aryl methyl sites for hydroxylation is 1. The minimum atomic E-state index is -3.99. The summed E-state index contributed by atoms with van der Waals surface area (Å²) in [6.07, 6.45) is 6.80. The minimum Gasteiger partial charge on any atom is -0.466 e. The molecule has 1 amide bonds. The lowest BCUT2D eigenvalue weighted by Gasteiger charge is -2.34. The third-order valence-electron chi connectivity index (χ3n) is 7.87. The van der Waals surface area contributed by atoms with E-state index >= 15 is 0 Å². The van der Waals surface area contributed by atoms with Crippen molar-refractivity contribution in [1.82, 2.24) is 4.72 Å². The summed E-state index contributed by atoms with van der Waals surface area (Å²) in [7, 11) is -3.99. The molecule has 1 unspecified atom stereocenters. The maximum absolute atomic E-state index is 14.0. The van der Waals surface area contributed by atoms with Gasteiger partial charge in [-0.05, 0) is 80.0 Å². The van der Waals surface area contributed by atoms with E-state index in [4.69, 9.17) is 4.74 Å². The molecule has 1 fully saturated rings. The van der Waals surface area contributed by atoms with Crippen LogP contribution in [0.25, 0.3) is 6.08 Å². The van der Waals surface area contributed by atoms with Crippen LogP contribution in [0.1, 0.15) is 55.3 Å². The van der Waals surface area contributed by atoms with Crippen molar-refractivity contribution in [3.8, 4) is 0 Å². The van der Waals surface area contributed by atoms with Gasteiger partial charge in [-0.15, -0.1) is 0 Å². The number of hydrogen-bond acceptors (Lipinski definition) is 6. The Balaban J connectivity index is 1.41. The number of nitrogens with one attached hydrogen (secondary N) is 2. The number of benzene rings is 3. The maximum atomic E-state index is 14.0. The zero-order chi connectivity index (χ0) is 29.5. The highest BCUT2D eigenvalue weighted by Gasteiger charge is 2.32. The van der Waals surface area contributed by atoms with E-state index in [1.54, 1.807) is 25.1 Å². The molecular formula is C33H37N3O5S. The van der Waals surface area contributed by atoms with E-state index in [1.165, 1.54) is 12.1 Å². The van der Waals surface area contributed by atoms with E-state index in [1.807, 2.05) is 59.5 Å². The molecule has 220 valence electrons. The van der Waals surface area contributed by atoms with Gasteiger partial charge in [-0.2, -0.15) is 0 Å². The van der Waals surface area contributed by atoms with Crippen LogP contribution >= 0.6 is 0 Å². The van der Waals surface area contributed by atoms with Gasteiger partial charge in [0, 0.05) is 30.9 Å². The Labute approximate surface area is 247 Å². The third-order valence-corrected chi connectivity index (χ3v) is 9.37. The molecule has 5 rings (SSSR count). The first-order valence-electron chi connectivity index (χ1n) is 14.5. The SMILES string of the molecule is CCOC(=O)C1CCN(c2ccc(NC(=O)/C=C/c3ccccc3)cc2S(=O)(=O)NC2CCCc3ccccc32)CC1. The summed E-state index contributed by atoms with van der Waals surface area (Å²) in [5.41, 5.74) is 3.97. The molecule has 1 aliphatic heterocycles. The van der Waals surface area contributed by atoms with Gasteiger partial charge in [0.15, 0.2) is 0 Å². The Morgan fingerprint density at radius 2 is 1.71 bits per heavy atom. The van der Waals surface area contributed by atoms with Gasteiger partial charge >= 0.3 is 5.97 Å². The van der Waals surface area contributed by atoms with Gasteiger partial charge in [-0.3, -0.25) is 9.59 Å². The van der Waals surface area contributed by atoms with Gasteiger partial charge in [0.1, 0.15) is 4.90 Å². The number of esters is 1. The van der Waals surface area contributed by atoms with Crippen LogP contribution in [0.15, 0.2) is 83.8 Å². The second-order valence-electron chi connectivity index (χ2n) is 10.7. The highest BCUT2D eigenvalue weighted by Crippen LogP contribution is 2.35. The molecule has 0 spiro atoms. The number of carbonyl (C=O) groups excluding carboxylic acids is 2. The number of hydrogen-bond donors (Lipinski definition) is 2. The summed E-state index contributed by atoms with van der Waals surface area (Å²) < 4.78 is 36.3. The van der Waals surface area contributed by atoms with Crippen molar-refractivity contribution in [2.45, 2.75) is 50.0 Å². The molecule has 0 radical (unpaired) electrons. The molecule has 42 heavy (non-hydrogen) atoms. The standard InChI is InChI=1S/C33H37N3O5S/c1-2-41-33(38)26-19-21-36(22-20-26)30-17-16-27(34-32(37)18-15-24-9-4-3-5-10-24)23-31(30)42(39,40)35-29-14-8-12-25-11-6-7-13-28(25)29/h3-7,9-11,13,15-18,23,26,29,35H,2,8,12,14,19-22H2,1H3,(H,34,37)/b18-15+. The molecule has 8 nitrogen and oxygen atoms in total. The Bertz CT molecular complexity index is 1550. The number of anilines is 2. The number of sulfonamides is 1. The van der Waals surface area contributed by atoms with Crippen molar-refractivity contribution >= 4 is 39.4 Å². The zero-order valence-electron chi connectivity index (χ0n) is 23.8. The molecule has 0 bridgehead atoms. The molecule has 2 N–H and O–H groups in total. The smallest absolute Gasteiger partial charge is 0.309 e. The molecule has 1 saturated heterocycles. The molecule has 1 heterocycles. The van der Waals surface area contributed by atoms with Crippen LogP contribution < -0.4 is 14.9 Å². The number of carbonyl (C=O) groups is 2. The van der Waals surface area contributed by atoms with Crippen LogP contribution in [0.3, 0.4) is 0 Å². The predicted molar refractivity (Wildman–Crippen MR) is 165 cm³/mol. The number of piperidine rings is 1. The van der Waals surface area contributed by atoms with Crippen LogP contribution in [-0.2, 0) is 30.8 Å². The van der Waals surface area contributed by atoms with Gasteiger partial charge in [0.25, 0.3) is 0 Å².